The van der Waals surface area contributed by atoms with Crippen molar-refractivity contribution in [2.45, 2.75) is 37.7 Å². The molecule has 2 aliphatic rings. The molecule has 0 aromatic heterocycles. The second kappa shape index (κ2) is 6.79. The van der Waals surface area contributed by atoms with Gasteiger partial charge in [-0.25, -0.2) is 4.90 Å². The van der Waals surface area contributed by atoms with Gasteiger partial charge in [0.1, 0.15) is 11.4 Å². The number of rotatable bonds is 4. The van der Waals surface area contributed by atoms with Crippen molar-refractivity contribution in [3.8, 4) is 5.75 Å². The summed E-state index contributed by atoms with van der Waals surface area (Å²) in [7, 11) is 0. The molecule has 132 valence electrons. The predicted octanol–water partition coefficient (Wildman–Crippen LogP) is 4.35. The van der Waals surface area contributed by atoms with Gasteiger partial charge in [0.25, 0.3) is 11.8 Å². The van der Waals surface area contributed by atoms with Gasteiger partial charge in [0.15, 0.2) is 0 Å². The van der Waals surface area contributed by atoms with E-state index in [-0.39, 0.29) is 17.4 Å². The molecule has 0 spiro atoms. The van der Waals surface area contributed by atoms with Crippen LogP contribution >= 0.6 is 0 Å². The van der Waals surface area contributed by atoms with E-state index in [4.69, 9.17) is 4.74 Å². The summed E-state index contributed by atoms with van der Waals surface area (Å²) in [5.41, 5.74) is 1.47. The molecular formula is C22H21NO3. The highest BCUT2D eigenvalue weighted by Gasteiger charge is 2.36. The van der Waals surface area contributed by atoms with Gasteiger partial charge in [0.2, 0.25) is 0 Å². The largest absolute Gasteiger partial charge is 0.483 e. The zero-order chi connectivity index (χ0) is 18.0. The Hall–Kier alpha value is -2.88. The number of hydrogen-bond acceptors (Lipinski definition) is 3. The first-order valence-electron chi connectivity index (χ1n) is 9.09. The Labute approximate surface area is 153 Å². The molecule has 4 nitrogen and oxygen atoms in total. The molecule has 1 aliphatic heterocycles. The summed E-state index contributed by atoms with van der Waals surface area (Å²) in [4.78, 5) is 24.8. The maximum absolute atomic E-state index is 11.8. The number of anilines is 1. The Morgan fingerprint density at radius 2 is 1.38 bits per heavy atom. The Morgan fingerprint density at radius 3 is 2.00 bits per heavy atom. The molecule has 0 saturated heterocycles. The highest BCUT2D eigenvalue weighted by molar-refractivity contribution is 6.28. The van der Waals surface area contributed by atoms with Crippen molar-refractivity contribution in [2.24, 2.45) is 0 Å². The summed E-state index contributed by atoms with van der Waals surface area (Å²) in [5, 5.41) is 0. The van der Waals surface area contributed by atoms with Crippen LogP contribution in [0.5, 0.6) is 5.75 Å². The minimum Gasteiger partial charge on any atom is -0.483 e. The van der Waals surface area contributed by atoms with Crippen LogP contribution in [-0.2, 0) is 15.2 Å². The molecule has 1 fully saturated rings. The minimum atomic E-state index is -0.309. The van der Waals surface area contributed by atoms with Crippen molar-refractivity contribution in [2.75, 3.05) is 4.90 Å². The van der Waals surface area contributed by atoms with Gasteiger partial charge in [-0.05, 0) is 55.5 Å². The lowest BCUT2D eigenvalue weighted by molar-refractivity contribution is -0.119. The molecule has 1 heterocycles. The van der Waals surface area contributed by atoms with Crippen molar-refractivity contribution in [1.82, 2.24) is 0 Å². The fourth-order valence-corrected chi connectivity index (χ4v) is 3.86. The van der Waals surface area contributed by atoms with Gasteiger partial charge >= 0.3 is 0 Å². The Morgan fingerprint density at radius 1 is 0.769 bits per heavy atom. The summed E-state index contributed by atoms with van der Waals surface area (Å²) in [6.07, 6.45) is 8.10. The Balaban J connectivity index is 1.59. The standard InChI is InChI=1S/C22H21NO3/c24-20-13-14-21(25)23(20)18-9-11-19(12-10-18)26-22(15-5-2-6-16-22)17-7-3-1-4-8-17/h1,3-4,7-14H,2,5-6,15-16H2. The quantitative estimate of drug-likeness (QED) is 0.772. The number of carbonyl (C=O) groups is 2. The smallest absolute Gasteiger partial charge is 0.258 e. The first-order valence-corrected chi connectivity index (χ1v) is 9.09. The number of carbonyl (C=O) groups excluding carboxylic acids is 2. The van der Waals surface area contributed by atoms with E-state index in [2.05, 4.69) is 24.3 Å². The van der Waals surface area contributed by atoms with Crippen LogP contribution in [0.2, 0.25) is 0 Å². The monoisotopic (exact) mass is 347 g/mol. The maximum Gasteiger partial charge on any atom is 0.258 e. The van der Waals surface area contributed by atoms with Crippen molar-refractivity contribution >= 4 is 17.5 Å². The normalized spacial score (nSPS) is 19.0. The first-order chi connectivity index (χ1) is 12.7. The lowest BCUT2D eigenvalue weighted by Gasteiger charge is -2.38. The van der Waals surface area contributed by atoms with Crippen LogP contribution in [0.3, 0.4) is 0 Å². The van der Waals surface area contributed by atoms with Gasteiger partial charge < -0.3 is 4.74 Å². The third-order valence-corrected chi connectivity index (χ3v) is 5.18. The molecule has 0 radical (unpaired) electrons. The molecule has 2 aromatic carbocycles. The Kier molecular flexibility index (Phi) is 4.33. The highest BCUT2D eigenvalue weighted by atomic mass is 16.5. The van der Waals surface area contributed by atoms with Gasteiger partial charge in [-0.15, -0.1) is 0 Å². The number of benzene rings is 2. The molecule has 0 bridgehead atoms. The van der Waals surface area contributed by atoms with E-state index in [9.17, 15) is 9.59 Å². The fourth-order valence-electron chi connectivity index (χ4n) is 3.86. The first kappa shape index (κ1) is 16.6. The second-order valence-corrected chi connectivity index (χ2v) is 6.86. The summed E-state index contributed by atoms with van der Waals surface area (Å²) in [5.74, 6) is 0.139. The number of imide groups is 1. The average molecular weight is 347 g/mol. The van der Waals surface area contributed by atoms with Crippen molar-refractivity contribution in [3.63, 3.8) is 0 Å². The molecule has 4 heteroatoms. The van der Waals surface area contributed by atoms with Crippen LogP contribution in [-0.4, -0.2) is 11.8 Å². The number of ether oxygens (including phenoxy) is 1. The number of amides is 2. The van der Waals surface area contributed by atoms with E-state index in [1.807, 2.05) is 18.2 Å². The van der Waals surface area contributed by atoms with Crippen LogP contribution in [0.15, 0.2) is 66.7 Å². The lowest BCUT2D eigenvalue weighted by Crippen LogP contribution is -2.35. The third-order valence-electron chi connectivity index (χ3n) is 5.18. The molecule has 0 unspecified atom stereocenters. The molecule has 4 rings (SSSR count). The summed E-state index contributed by atoms with van der Waals surface area (Å²) in [6.45, 7) is 0. The lowest BCUT2D eigenvalue weighted by atomic mass is 9.79. The van der Waals surface area contributed by atoms with E-state index >= 15 is 0 Å². The molecule has 1 aliphatic carbocycles. The minimum absolute atomic E-state index is 0.304. The molecule has 2 aromatic rings. The van der Waals surface area contributed by atoms with E-state index in [1.165, 1.54) is 24.1 Å². The van der Waals surface area contributed by atoms with Crippen molar-refractivity contribution < 1.29 is 14.3 Å². The van der Waals surface area contributed by atoms with Crippen molar-refractivity contribution in [3.05, 3.63) is 72.3 Å². The summed E-state index contributed by atoms with van der Waals surface area (Å²) < 4.78 is 6.50. The van der Waals surface area contributed by atoms with Gasteiger partial charge in [-0.2, -0.15) is 0 Å². The predicted molar refractivity (Wildman–Crippen MR) is 99.9 cm³/mol. The van der Waals surface area contributed by atoms with E-state index in [0.717, 1.165) is 36.3 Å². The van der Waals surface area contributed by atoms with E-state index in [1.54, 1.807) is 12.1 Å². The van der Waals surface area contributed by atoms with Gasteiger partial charge in [-0.1, -0.05) is 36.8 Å². The van der Waals surface area contributed by atoms with Crippen LogP contribution in [0, 0.1) is 0 Å². The van der Waals surface area contributed by atoms with E-state index in [0.29, 0.717) is 5.69 Å². The topological polar surface area (TPSA) is 46.6 Å². The maximum atomic E-state index is 11.8. The zero-order valence-electron chi connectivity index (χ0n) is 14.6. The van der Waals surface area contributed by atoms with Crippen LogP contribution in [0.25, 0.3) is 0 Å². The third kappa shape index (κ3) is 3.03. The summed E-state index contributed by atoms with van der Waals surface area (Å²) >= 11 is 0. The second-order valence-electron chi connectivity index (χ2n) is 6.86. The molecule has 0 atom stereocenters. The Bertz CT molecular complexity index is 815. The van der Waals surface area contributed by atoms with Crippen LogP contribution in [0.4, 0.5) is 5.69 Å². The van der Waals surface area contributed by atoms with Gasteiger partial charge in [0.05, 0.1) is 5.69 Å². The SMILES string of the molecule is O=C1C=CC(=O)N1c1ccc(OC2(c3ccccc3)CCCCC2)cc1. The zero-order valence-corrected chi connectivity index (χ0v) is 14.6. The number of nitrogens with zero attached hydrogens (tertiary/aromatic N) is 1. The van der Waals surface area contributed by atoms with E-state index < -0.39 is 0 Å². The average Bonchev–Trinajstić information content (AvgIpc) is 3.02. The molecule has 0 N–H and O–H groups in total. The fraction of sp³-hybridized carbons (Fsp3) is 0.273. The van der Waals surface area contributed by atoms with Crippen LogP contribution in [0.1, 0.15) is 37.7 Å². The van der Waals surface area contributed by atoms with Gasteiger partial charge in [-0.3, -0.25) is 9.59 Å². The number of hydrogen-bond donors (Lipinski definition) is 0. The van der Waals surface area contributed by atoms with Gasteiger partial charge in [0, 0.05) is 12.2 Å². The molecular weight excluding hydrogens is 326 g/mol. The summed E-state index contributed by atoms with van der Waals surface area (Å²) in [6, 6.07) is 17.6. The molecule has 1 saturated carbocycles. The molecule has 26 heavy (non-hydrogen) atoms. The highest BCUT2D eigenvalue weighted by Crippen LogP contribution is 2.41. The molecule has 2 amide bonds. The van der Waals surface area contributed by atoms with Crippen LogP contribution < -0.4 is 9.64 Å². The van der Waals surface area contributed by atoms with Crippen molar-refractivity contribution in [1.29, 1.82) is 0 Å².